The fraction of sp³-hybridized carbons (Fsp3) is 0.261. The smallest absolute Gasteiger partial charge is 0.269 e. The third-order valence-corrected chi connectivity index (χ3v) is 7.08. The molecular formula is C23H18IN3O5. The second kappa shape index (κ2) is 8.12. The van der Waals surface area contributed by atoms with Crippen molar-refractivity contribution in [3.05, 3.63) is 79.4 Å². The van der Waals surface area contributed by atoms with Crippen molar-refractivity contribution in [3.8, 4) is 5.75 Å². The quantitative estimate of drug-likeness (QED) is 0.137. The van der Waals surface area contributed by atoms with E-state index < -0.39 is 4.92 Å². The molecule has 4 atom stereocenters. The highest BCUT2D eigenvalue weighted by Gasteiger charge is 2.59. The summed E-state index contributed by atoms with van der Waals surface area (Å²) in [5, 5.41) is 16.1. The summed E-state index contributed by atoms with van der Waals surface area (Å²) in [5.41, 5.74) is 1.45. The van der Waals surface area contributed by atoms with E-state index in [0.29, 0.717) is 11.3 Å². The molecule has 9 heteroatoms. The summed E-state index contributed by atoms with van der Waals surface area (Å²) in [4.78, 5) is 35.9. The zero-order chi connectivity index (χ0) is 22.4. The van der Waals surface area contributed by atoms with Gasteiger partial charge in [0.25, 0.3) is 17.5 Å². The molecule has 32 heavy (non-hydrogen) atoms. The van der Waals surface area contributed by atoms with Crippen LogP contribution in [0.4, 0.5) is 5.69 Å². The Morgan fingerprint density at radius 1 is 1.12 bits per heavy atom. The van der Waals surface area contributed by atoms with Crippen molar-refractivity contribution in [3.63, 3.8) is 0 Å². The molecule has 0 radical (unpaired) electrons. The molecule has 0 spiro atoms. The molecule has 5 rings (SSSR count). The number of benzene rings is 2. The number of imide groups is 1. The Morgan fingerprint density at radius 3 is 2.50 bits per heavy atom. The minimum absolute atomic E-state index is 0.0197. The number of fused-ring (bicyclic) bond motifs is 5. The fourth-order valence-corrected chi connectivity index (χ4v) is 5.46. The molecule has 0 unspecified atom stereocenters. The number of hydrazone groups is 1. The van der Waals surface area contributed by atoms with Crippen molar-refractivity contribution < 1.29 is 19.2 Å². The molecule has 3 aliphatic rings. The Hall–Kier alpha value is -3.08. The Labute approximate surface area is 197 Å². The second-order valence-electron chi connectivity index (χ2n) is 8.14. The number of carbonyl (C=O) groups is 2. The van der Waals surface area contributed by atoms with Gasteiger partial charge < -0.3 is 4.74 Å². The van der Waals surface area contributed by atoms with Crippen molar-refractivity contribution >= 4 is 46.3 Å². The van der Waals surface area contributed by atoms with Crippen LogP contribution in [0.15, 0.2) is 59.7 Å². The molecule has 2 aliphatic carbocycles. The standard InChI is InChI=1S/C23H18IN3O5/c24-18-9-13(4-7-19(18)32-12-14-2-1-3-17(8-14)27(30)31)11-25-26-22(28)20-15-5-6-16(10-15)21(20)23(26)29/h1-9,11,15-16,20-21H,10,12H2/t15-,16-,20-,21+/m0/s1. The molecule has 2 bridgehead atoms. The molecule has 0 aromatic heterocycles. The number of allylic oxidation sites excluding steroid dienone is 2. The Kier molecular flexibility index (Phi) is 5.28. The third kappa shape index (κ3) is 3.60. The van der Waals surface area contributed by atoms with E-state index in [1.807, 2.05) is 6.07 Å². The minimum atomic E-state index is -0.439. The van der Waals surface area contributed by atoms with Crippen LogP contribution in [0.1, 0.15) is 17.5 Å². The predicted octanol–water partition coefficient (Wildman–Crippen LogP) is 3.92. The molecule has 2 aromatic carbocycles. The summed E-state index contributed by atoms with van der Waals surface area (Å²) in [6.45, 7) is 0.195. The van der Waals surface area contributed by atoms with Gasteiger partial charge in [-0.15, -0.1) is 0 Å². The first-order valence-corrected chi connectivity index (χ1v) is 11.3. The molecule has 2 amide bonds. The van der Waals surface area contributed by atoms with E-state index in [0.717, 1.165) is 20.6 Å². The monoisotopic (exact) mass is 543 g/mol. The van der Waals surface area contributed by atoms with Gasteiger partial charge in [0, 0.05) is 12.1 Å². The number of nitro benzene ring substituents is 1. The third-order valence-electron chi connectivity index (χ3n) is 6.24. The Morgan fingerprint density at radius 2 is 1.84 bits per heavy atom. The van der Waals surface area contributed by atoms with Crippen LogP contribution in [0.3, 0.4) is 0 Å². The number of amides is 2. The summed E-state index contributed by atoms with van der Waals surface area (Å²) in [5.74, 6) is -0.00641. The largest absolute Gasteiger partial charge is 0.488 e. The highest BCUT2D eigenvalue weighted by atomic mass is 127. The first-order chi connectivity index (χ1) is 15.4. The lowest BCUT2D eigenvalue weighted by atomic mass is 9.85. The highest BCUT2D eigenvalue weighted by molar-refractivity contribution is 14.1. The maximum atomic E-state index is 12.7. The SMILES string of the molecule is O=C1[C@@H]2[C@H](C(=O)N1N=Cc1ccc(OCc3cccc([N+](=O)[O-])c3)c(I)c1)[C@H]1C=C[C@H]2C1. The number of carbonyl (C=O) groups excluding carboxylic acids is 2. The van der Waals surface area contributed by atoms with E-state index in [-0.39, 0.29) is 47.8 Å². The molecule has 1 saturated heterocycles. The summed E-state index contributed by atoms with van der Waals surface area (Å²) in [6, 6.07) is 11.7. The summed E-state index contributed by atoms with van der Waals surface area (Å²) in [7, 11) is 0. The van der Waals surface area contributed by atoms with Gasteiger partial charge >= 0.3 is 0 Å². The van der Waals surface area contributed by atoms with Crippen LogP contribution < -0.4 is 4.74 Å². The van der Waals surface area contributed by atoms with Gasteiger partial charge in [-0.25, -0.2) is 0 Å². The zero-order valence-corrected chi connectivity index (χ0v) is 18.9. The number of halogens is 1. The topological polar surface area (TPSA) is 102 Å². The first kappa shape index (κ1) is 20.8. The number of non-ortho nitro benzene ring substituents is 1. The molecule has 2 aromatic rings. The number of hydrogen-bond acceptors (Lipinski definition) is 6. The summed E-state index contributed by atoms with van der Waals surface area (Å²) in [6.07, 6.45) is 6.51. The van der Waals surface area contributed by atoms with Gasteiger partial charge in [-0.05, 0) is 70.2 Å². The first-order valence-electron chi connectivity index (χ1n) is 10.2. The number of ether oxygens (including phenoxy) is 1. The number of nitrogens with zero attached hydrogens (tertiary/aromatic N) is 3. The summed E-state index contributed by atoms with van der Waals surface area (Å²) < 4.78 is 6.62. The van der Waals surface area contributed by atoms with Gasteiger partial charge in [0.1, 0.15) is 12.4 Å². The molecular weight excluding hydrogens is 525 g/mol. The van der Waals surface area contributed by atoms with Gasteiger partial charge in [-0.3, -0.25) is 19.7 Å². The van der Waals surface area contributed by atoms with Gasteiger partial charge in [-0.2, -0.15) is 10.1 Å². The van der Waals surface area contributed by atoms with Crippen LogP contribution in [0.5, 0.6) is 5.75 Å². The van der Waals surface area contributed by atoms with E-state index in [2.05, 4.69) is 39.8 Å². The molecule has 1 aliphatic heterocycles. The van der Waals surface area contributed by atoms with Crippen LogP contribution in [-0.4, -0.2) is 28.0 Å². The molecule has 2 fully saturated rings. The van der Waals surface area contributed by atoms with Crippen molar-refractivity contribution in [1.29, 1.82) is 0 Å². The van der Waals surface area contributed by atoms with Crippen molar-refractivity contribution in [2.75, 3.05) is 0 Å². The molecule has 162 valence electrons. The van der Waals surface area contributed by atoms with E-state index in [4.69, 9.17) is 4.74 Å². The van der Waals surface area contributed by atoms with Crippen LogP contribution in [0, 0.1) is 37.4 Å². The van der Waals surface area contributed by atoms with Gasteiger partial charge in [0.15, 0.2) is 0 Å². The van der Waals surface area contributed by atoms with Crippen LogP contribution in [-0.2, 0) is 16.2 Å². The van der Waals surface area contributed by atoms with Gasteiger partial charge in [0.05, 0.1) is 26.5 Å². The van der Waals surface area contributed by atoms with Gasteiger partial charge in [-0.1, -0.05) is 24.3 Å². The van der Waals surface area contributed by atoms with Crippen LogP contribution in [0.25, 0.3) is 0 Å². The fourth-order valence-electron chi connectivity index (χ4n) is 4.76. The molecule has 1 saturated carbocycles. The van der Waals surface area contributed by atoms with E-state index in [1.165, 1.54) is 18.3 Å². The van der Waals surface area contributed by atoms with Crippen molar-refractivity contribution in [1.82, 2.24) is 5.01 Å². The average Bonchev–Trinajstić information content (AvgIpc) is 3.46. The summed E-state index contributed by atoms with van der Waals surface area (Å²) >= 11 is 2.13. The average molecular weight is 543 g/mol. The van der Waals surface area contributed by atoms with E-state index in [9.17, 15) is 19.7 Å². The van der Waals surface area contributed by atoms with E-state index >= 15 is 0 Å². The van der Waals surface area contributed by atoms with Crippen molar-refractivity contribution in [2.24, 2.45) is 28.8 Å². The van der Waals surface area contributed by atoms with Crippen LogP contribution in [0.2, 0.25) is 0 Å². The lowest BCUT2D eigenvalue weighted by Gasteiger charge is -2.13. The maximum absolute atomic E-state index is 12.7. The minimum Gasteiger partial charge on any atom is -0.488 e. The lowest BCUT2D eigenvalue weighted by Crippen LogP contribution is -2.28. The second-order valence-corrected chi connectivity index (χ2v) is 9.30. The highest BCUT2D eigenvalue weighted by Crippen LogP contribution is 2.52. The maximum Gasteiger partial charge on any atom is 0.269 e. The normalized spacial score (nSPS) is 25.7. The number of hydrogen-bond donors (Lipinski definition) is 0. The lowest BCUT2D eigenvalue weighted by molar-refractivity contribution is -0.384. The number of rotatable bonds is 6. The molecule has 8 nitrogen and oxygen atoms in total. The van der Waals surface area contributed by atoms with E-state index in [1.54, 1.807) is 24.3 Å². The van der Waals surface area contributed by atoms with Crippen LogP contribution >= 0.6 is 22.6 Å². The molecule has 1 heterocycles. The number of nitro groups is 1. The molecule has 0 N–H and O–H groups in total. The zero-order valence-electron chi connectivity index (χ0n) is 16.8. The Bertz CT molecular complexity index is 1160. The van der Waals surface area contributed by atoms with Crippen molar-refractivity contribution in [2.45, 2.75) is 13.0 Å². The predicted molar refractivity (Wildman–Crippen MR) is 124 cm³/mol. The Balaban J connectivity index is 1.25. The van der Waals surface area contributed by atoms with Gasteiger partial charge in [0.2, 0.25) is 0 Å².